The molecule has 0 radical (unpaired) electrons. The first-order valence-electron chi connectivity index (χ1n) is 4.94. The Balaban J connectivity index is 1.94. The average molecular weight is 212 g/mol. The summed E-state index contributed by atoms with van der Waals surface area (Å²) in [5.41, 5.74) is 5.70. The number of ether oxygens (including phenoxy) is 1. The van der Waals surface area contributed by atoms with Crippen LogP contribution in [-0.4, -0.2) is 37.2 Å². The highest BCUT2D eigenvalue weighted by molar-refractivity contribution is 7.09. The van der Waals surface area contributed by atoms with Gasteiger partial charge >= 0.3 is 0 Å². The Morgan fingerprint density at radius 3 is 3.29 bits per heavy atom. The molecule has 1 saturated heterocycles. The molecule has 4 heteroatoms. The molecule has 0 aromatic carbocycles. The van der Waals surface area contributed by atoms with Crippen LogP contribution in [0.3, 0.4) is 0 Å². The normalized spacial score (nSPS) is 23.9. The van der Waals surface area contributed by atoms with Gasteiger partial charge < -0.3 is 10.5 Å². The molecule has 2 rings (SSSR count). The highest BCUT2D eigenvalue weighted by atomic mass is 32.1. The molecule has 1 fully saturated rings. The molecule has 1 unspecified atom stereocenters. The molecule has 0 amide bonds. The fraction of sp³-hybridized carbons (Fsp3) is 0.600. The first-order chi connectivity index (χ1) is 6.90. The Morgan fingerprint density at radius 2 is 2.57 bits per heavy atom. The molecule has 1 aromatic rings. The minimum Gasteiger partial charge on any atom is -0.378 e. The molecule has 14 heavy (non-hydrogen) atoms. The van der Waals surface area contributed by atoms with Crippen LogP contribution in [0, 0.1) is 0 Å². The molecular weight excluding hydrogens is 196 g/mol. The third kappa shape index (κ3) is 2.33. The van der Waals surface area contributed by atoms with Gasteiger partial charge in [0.1, 0.15) is 0 Å². The van der Waals surface area contributed by atoms with E-state index in [1.54, 1.807) is 11.3 Å². The average Bonchev–Trinajstić information content (AvgIpc) is 2.71. The fourth-order valence-electron chi connectivity index (χ4n) is 1.72. The fourth-order valence-corrected chi connectivity index (χ4v) is 2.45. The van der Waals surface area contributed by atoms with Crippen molar-refractivity contribution in [3.05, 3.63) is 22.4 Å². The molecule has 1 aromatic heterocycles. The number of nitrogens with zero attached hydrogens (tertiary/aromatic N) is 1. The van der Waals surface area contributed by atoms with E-state index in [1.165, 1.54) is 4.88 Å². The molecule has 78 valence electrons. The van der Waals surface area contributed by atoms with Crippen LogP contribution in [0.4, 0.5) is 0 Å². The predicted molar refractivity (Wildman–Crippen MR) is 58.4 cm³/mol. The largest absolute Gasteiger partial charge is 0.378 e. The zero-order valence-electron chi connectivity index (χ0n) is 8.19. The van der Waals surface area contributed by atoms with Crippen LogP contribution in [-0.2, 0) is 11.3 Å². The highest BCUT2D eigenvalue weighted by Gasteiger charge is 2.21. The summed E-state index contributed by atoms with van der Waals surface area (Å²) in [6.45, 7) is 4.32. The van der Waals surface area contributed by atoms with Gasteiger partial charge in [-0.3, -0.25) is 4.90 Å². The number of thiophene rings is 1. The second kappa shape index (κ2) is 4.89. The summed E-state index contributed by atoms with van der Waals surface area (Å²) in [7, 11) is 0. The van der Waals surface area contributed by atoms with E-state index in [4.69, 9.17) is 10.5 Å². The molecule has 1 aliphatic heterocycles. The molecule has 2 heterocycles. The summed E-state index contributed by atoms with van der Waals surface area (Å²) in [4.78, 5) is 3.82. The van der Waals surface area contributed by atoms with E-state index in [0.717, 1.165) is 26.3 Å². The van der Waals surface area contributed by atoms with Gasteiger partial charge in [-0.25, -0.2) is 0 Å². The maximum absolute atomic E-state index is 5.70. The van der Waals surface area contributed by atoms with E-state index in [9.17, 15) is 0 Å². The van der Waals surface area contributed by atoms with Crippen LogP contribution in [0.1, 0.15) is 4.88 Å². The lowest BCUT2D eigenvalue weighted by Gasteiger charge is -2.34. The van der Waals surface area contributed by atoms with Crippen LogP contribution in [0.25, 0.3) is 0 Å². The number of morpholine rings is 1. The van der Waals surface area contributed by atoms with Crippen molar-refractivity contribution in [1.82, 2.24) is 4.90 Å². The topological polar surface area (TPSA) is 38.5 Å². The second-order valence-electron chi connectivity index (χ2n) is 3.51. The predicted octanol–water partition coefficient (Wildman–Crippen LogP) is 0.908. The van der Waals surface area contributed by atoms with Crippen molar-refractivity contribution >= 4 is 11.3 Å². The zero-order valence-corrected chi connectivity index (χ0v) is 9.00. The number of hydrogen-bond donors (Lipinski definition) is 1. The number of nitrogens with two attached hydrogens (primary N) is 1. The van der Waals surface area contributed by atoms with Gasteiger partial charge in [-0.05, 0) is 11.4 Å². The lowest BCUT2D eigenvalue weighted by atomic mass is 10.2. The number of rotatable bonds is 3. The monoisotopic (exact) mass is 212 g/mol. The summed E-state index contributed by atoms with van der Waals surface area (Å²) in [5, 5.41) is 2.12. The molecule has 0 aliphatic carbocycles. The summed E-state index contributed by atoms with van der Waals surface area (Å²) in [6, 6.07) is 4.66. The molecule has 2 N–H and O–H groups in total. The van der Waals surface area contributed by atoms with Crippen LogP contribution in [0.15, 0.2) is 17.5 Å². The van der Waals surface area contributed by atoms with Gasteiger partial charge in [0.05, 0.1) is 13.2 Å². The smallest absolute Gasteiger partial charge is 0.0634 e. The van der Waals surface area contributed by atoms with Crippen molar-refractivity contribution < 1.29 is 4.74 Å². The first kappa shape index (κ1) is 10.1. The summed E-state index contributed by atoms with van der Waals surface area (Å²) in [5.74, 6) is 0. The second-order valence-corrected chi connectivity index (χ2v) is 4.55. The van der Waals surface area contributed by atoms with Gasteiger partial charge in [0.25, 0.3) is 0 Å². The maximum Gasteiger partial charge on any atom is 0.0634 e. The molecule has 0 spiro atoms. The van der Waals surface area contributed by atoms with Crippen molar-refractivity contribution in [2.75, 3.05) is 26.3 Å². The summed E-state index contributed by atoms with van der Waals surface area (Å²) in [6.07, 6.45) is 0. The third-order valence-corrected chi connectivity index (χ3v) is 3.42. The van der Waals surface area contributed by atoms with Crippen molar-refractivity contribution in [2.24, 2.45) is 5.73 Å². The zero-order chi connectivity index (χ0) is 9.80. The van der Waals surface area contributed by atoms with Gasteiger partial charge in [0, 0.05) is 30.6 Å². The quantitative estimate of drug-likeness (QED) is 0.809. The van der Waals surface area contributed by atoms with Gasteiger partial charge in [-0.1, -0.05) is 6.07 Å². The lowest BCUT2D eigenvalue weighted by Crippen LogP contribution is -2.48. The number of hydrogen-bond acceptors (Lipinski definition) is 4. The molecule has 0 saturated carbocycles. The van der Waals surface area contributed by atoms with E-state index in [0.29, 0.717) is 12.6 Å². The molecular formula is C10H16N2OS. The van der Waals surface area contributed by atoms with Crippen molar-refractivity contribution in [3.63, 3.8) is 0 Å². The van der Waals surface area contributed by atoms with Gasteiger partial charge in [0.2, 0.25) is 0 Å². The van der Waals surface area contributed by atoms with Gasteiger partial charge in [-0.2, -0.15) is 0 Å². The Labute approximate surface area is 88.5 Å². The maximum atomic E-state index is 5.70. The lowest BCUT2D eigenvalue weighted by molar-refractivity contribution is -0.00747. The Kier molecular flexibility index (Phi) is 3.53. The molecule has 3 nitrogen and oxygen atoms in total. The SMILES string of the molecule is NCC1COCCN1Cc1cccs1. The van der Waals surface area contributed by atoms with Crippen LogP contribution in [0.5, 0.6) is 0 Å². The highest BCUT2D eigenvalue weighted by Crippen LogP contribution is 2.15. The van der Waals surface area contributed by atoms with Gasteiger partial charge in [-0.15, -0.1) is 11.3 Å². The van der Waals surface area contributed by atoms with Crippen molar-refractivity contribution in [3.8, 4) is 0 Å². The van der Waals surface area contributed by atoms with Crippen molar-refractivity contribution in [2.45, 2.75) is 12.6 Å². The minimum atomic E-state index is 0.394. The third-order valence-electron chi connectivity index (χ3n) is 2.56. The van der Waals surface area contributed by atoms with E-state index in [-0.39, 0.29) is 0 Å². The summed E-state index contributed by atoms with van der Waals surface area (Å²) < 4.78 is 5.40. The van der Waals surface area contributed by atoms with E-state index < -0.39 is 0 Å². The molecule has 1 atom stereocenters. The Morgan fingerprint density at radius 1 is 1.64 bits per heavy atom. The first-order valence-corrected chi connectivity index (χ1v) is 5.82. The summed E-state index contributed by atoms with van der Waals surface area (Å²) >= 11 is 1.81. The van der Waals surface area contributed by atoms with E-state index in [2.05, 4.69) is 22.4 Å². The van der Waals surface area contributed by atoms with Gasteiger partial charge in [0.15, 0.2) is 0 Å². The minimum absolute atomic E-state index is 0.394. The Hall–Kier alpha value is -0.420. The van der Waals surface area contributed by atoms with E-state index in [1.807, 2.05) is 0 Å². The standard InChI is InChI=1S/C10H16N2OS/c11-6-9-8-13-4-3-12(9)7-10-2-1-5-14-10/h1-2,5,9H,3-4,6-8,11H2. The Bertz CT molecular complexity index is 263. The molecule has 1 aliphatic rings. The van der Waals surface area contributed by atoms with E-state index >= 15 is 0 Å². The van der Waals surface area contributed by atoms with Crippen LogP contribution in [0.2, 0.25) is 0 Å². The van der Waals surface area contributed by atoms with Crippen molar-refractivity contribution in [1.29, 1.82) is 0 Å². The molecule has 0 bridgehead atoms. The van der Waals surface area contributed by atoms with Crippen LogP contribution < -0.4 is 5.73 Å². The van der Waals surface area contributed by atoms with Crippen LogP contribution >= 0.6 is 11.3 Å².